The monoisotopic (exact) mass is 248 g/mol. The third-order valence-electron chi connectivity index (χ3n) is 2.58. The van der Waals surface area contributed by atoms with Crippen molar-refractivity contribution in [2.45, 2.75) is 20.3 Å². The molecule has 0 bridgehead atoms. The average molecular weight is 249 g/mol. The molecule has 0 spiro atoms. The summed E-state index contributed by atoms with van der Waals surface area (Å²) in [5.74, 6) is 1.05. The maximum absolute atomic E-state index is 5.86. The molecular formula is C12H13ClN4. The Labute approximate surface area is 105 Å². The van der Waals surface area contributed by atoms with E-state index in [4.69, 9.17) is 17.3 Å². The van der Waals surface area contributed by atoms with Crippen molar-refractivity contribution < 1.29 is 0 Å². The van der Waals surface area contributed by atoms with E-state index in [0.717, 1.165) is 17.7 Å². The molecule has 5 heteroatoms. The number of nitrogens with zero attached hydrogens (tertiary/aromatic N) is 3. The lowest BCUT2D eigenvalue weighted by atomic mass is 10.2. The van der Waals surface area contributed by atoms with Crippen LogP contribution in [0.5, 0.6) is 0 Å². The van der Waals surface area contributed by atoms with Crippen LogP contribution in [0.2, 0.25) is 5.02 Å². The molecule has 4 nitrogen and oxygen atoms in total. The molecule has 0 aliphatic rings. The van der Waals surface area contributed by atoms with Crippen LogP contribution in [0.15, 0.2) is 18.3 Å². The predicted octanol–water partition coefficient (Wildman–Crippen LogP) is 2.65. The minimum absolute atomic E-state index is 0.503. The summed E-state index contributed by atoms with van der Waals surface area (Å²) in [6.45, 7) is 3.96. The van der Waals surface area contributed by atoms with Gasteiger partial charge in [-0.15, -0.1) is 0 Å². The largest absolute Gasteiger partial charge is 0.383 e. The second-order valence-electron chi connectivity index (χ2n) is 3.72. The molecule has 88 valence electrons. The number of aryl methyl sites for hydroxylation is 1. The molecule has 2 rings (SSSR count). The van der Waals surface area contributed by atoms with Gasteiger partial charge in [0.15, 0.2) is 5.82 Å². The number of pyridine rings is 1. The van der Waals surface area contributed by atoms with Gasteiger partial charge in [0.2, 0.25) is 0 Å². The van der Waals surface area contributed by atoms with Gasteiger partial charge in [0.25, 0.3) is 0 Å². The molecule has 0 aliphatic carbocycles. The van der Waals surface area contributed by atoms with E-state index in [2.05, 4.69) is 15.0 Å². The third kappa shape index (κ3) is 2.36. The lowest BCUT2D eigenvalue weighted by Gasteiger charge is -2.08. The van der Waals surface area contributed by atoms with Crippen LogP contribution in [0.3, 0.4) is 0 Å². The van der Waals surface area contributed by atoms with Crippen molar-refractivity contribution in [3.63, 3.8) is 0 Å². The highest BCUT2D eigenvalue weighted by atomic mass is 35.5. The van der Waals surface area contributed by atoms with Crippen molar-refractivity contribution in [2.75, 3.05) is 5.73 Å². The zero-order valence-electron chi connectivity index (χ0n) is 9.74. The second kappa shape index (κ2) is 4.67. The molecule has 0 fully saturated rings. The van der Waals surface area contributed by atoms with E-state index < -0.39 is 0 Å². The van der Waals surface area contributed by atoms with Crippen LogP contribution < -0.4 is 5.73 Å². The predicted molar refractivity (Wildman–Crippen MR) is 68.8 cm³/mol. The Hall–Kier alpha value is -1.68. The van der Waals surface area contributed by atoms with Gasteiger partial charge in [-0.1, -0.05) is 18.5 Å². The van der Waals surface area contributed by atoms with Crippen molar-refractivity contribution in [1.82, 2.24) is 15.0 Å². The molecule has 0 aliphatic heterocycles. The summed E-state index contributed by atoms with van der Waals surface area (Å²) in [7, 11) is 0. The van der Waals surface area contributed by atoms with Gasteiger partial charge in [-0.05, 0) is 25.5 Å². The zero-order chi connectivity index (χ0) is 12.4. The summed E-state index contributed by atoms with van der Waals surface area (Å²) < 4.78 is 0. The first-order valence-corrected chi connectivity index (χ1v) is 5.74. The summed E-state index contributed by atoms with van der Waals surface area (Å²) in [5.41, 5.74) is 8.42. The maximum Gasteiger partial charge on any atom is 0.180 e. The van der Waals surface area contributed by atoms with Crippen LogP contribution in [-0.4, -0.2) is 15.0 Å². The van der Waals surface area contributed by atoms with Gasteiger partial charge >= 0.3 is 0 Å². The average Bonchev–Trinajstić information content (AvgIpc) is 2.33. The fraction of sp³-hybridized carbons (Fsp3) is 0.250. The lowest BCUT2D eigenvalue weighted by molar-refractivity contribution is 0.976. The van der Waals surface area contributed by atoms with Gasteiger partial charge in [0, 0.05) is 17.5 Å². The van der Waals surface area contributed by atoms with Crippen molar-refractivity contribution in [3.8, 4) is 11.5 Å². The summed E-state index contributed by atoms with van der Waals surface area (Å²) in [6.07, 6.45) is 2.39. The molecule has 0 saturated carbocycles. The van der Waals surface area contributed by atoms with Crippen LogP contribution in [0.1, 0.15) is 18.2 Å². The van der Waals surface area contributed by atoms with Gasteiger partial charge in [0.05, 0.1) is 5.02 Å². The van der Waals surface area contributed by atoms with Crippen molar-refractivity contribution in [3.05, 3.63) is 34.6 Å². The zero-order valence-corrected chi connectivity index (χ0v) is 10.5. The quantitative estimate of drug-likeness (QED) is 0.887. The molecule has 0 amide bonds. The SMILES string of the molecule is CCc1nc(-c2ccc(Cl)cn2)nc(N)c1C. The molecule has 0 aromatic carbocycles. The number of nitrogen functional groups attached to an aromatic ring is 1. The topological polar surface area (TPSA) is 64.7 Å². The summed E-state index contributed by atoms with van der Waals surface area (Å²) >= 11 is 5.79. The maximum atomic E-state index is 5.86. The van der Waals surface area contributed by atoms with Crippen molar-refractivity contribution >= 4 is 17.4 Å². The number of hydrogen-bond acceptors (Lipinski definition) is 4. The number of aromatic nitrogens is 3. The Morgan fingerprint density at radius 3 is 2.65 bits per heavy atom. The van der Waals surface area contributed by atoms with Gasteiger partial charge in [-0.25, -0.2) is 9.97 Å². The third-order valence-corrected chi connectivity index (χ3v) is 2.80. The summed E-state index contributed by atoms with van der Waals surface area (Å²) in [5, 5.41) is 0.588. The van der Waals surface area contributed by atoms with Crippen LogP contribution in [0.4, 0.5) is 5.82 Å². The molecular weight excluding hydrogens is 236 g/mol. The Balaban J connectivity index is 2.52. The first-order chi connectivity index (χ1) is 8.11. The first-order valence-electron chi connectivity index (χ1n) is 5.36. The Morgan fingerprint density at radius 1 is 1.29 bits per heavy atom. The molecule has 0 unspecified atom stereocenters. The van der Waals surface area contributed by atoms with Crippen molar-refractivity contribution in [1.29, 1.82) is 0 Å². The minimum atomic E-state index is 0.503. The highest BCUT2D eigenvalue weighted by Crippen LogP contribution is 2.20. The molecule has 2 N–H and O–H groups in total. The minimum Gasteiger partial charge on any atom is -0.383 e. The molecule has 2 aromatic rings. The first kappa shape index (κ1) is 11.8. The fourth-order valence-corrected chi connectivity index (χ4v) is 1.66. The smallest absolute Gasteiger partial charge is 0.180 e. The molecule has 17 heavy (non-hydrogen) atoms. The van der Waals surface area contributed by atoms with Gasteiger partial charge in [-0.3, -0.25) is 4.98 Å². The van der Waals surface area contributed by atoms with E-state index in [1.807, 2.05) is 13.8 Å². The lowest BCUT2D eigenvalue weighted by Crippen LogP contribution is -2.04. The summed E-state index contributed by atoms with van der Waals surface area (Å²) in [4.78, 5) is 12.9. The van der Waals surface area contributed by atoms with E-state index in [-0.39, 0.29) is 0 Å². The number of rotatable bonds is 2. The van der Waals surface area contributed by atoms with Crippen LogP contribution >= 0.6 is 11.6 Å². The standard InChI is InChI=1S/C12H13ClN4/c1-3-9-7(2)11(14)17-12(16-9)10-5-4-8(13)6-15-10/h4-6H,3H2,1-2H3,(H2,14,16,17). The molecule has 0 radical (unpaired) electrons. The molecule has 2 aromatic heterocycles. The normalized spacial score (nSPS) is 10.5. The Bertz CT molecular complexity index is 537. The van der Waals surface area contributed by atoms with Crippen LogP contribution in [-0.2, 0) is 6.42 Å². The van der Waals surface area contributed by atoms with Gasteiger partial charge < -0.3 is 5.73 Å². The number of nitrogens with two attached hydrogens (primary N) is 1. The van der Waals surface area contributed by atoms with Gasteiger partial charge in [-0.2, -0.15) is 0 Å². The number of halogens is 1. The van der Waals surface area contributed by atoms with Crippen LogP contribution in [0, 0.1) is 6.92 Å². The molecule has 2 heterocycles. The van der Waals surface area contributed by atoms with E-state index >= 15 is 0 Å². The van der Waals surface area contributed by atoms with Crippen LogP contribution in [0.25, 0.3) is 11.5 Å². The van der Waals surface area contributed by atoms with E-state index in [0.29, 0.717) is 22.4 Å². The Morgan fingerprint density at radius 2 is 2.06 bits per heavy atom. The molecule has 0 atom stereocenters. The second-order valence-corrected chi connectivity index (χ2v) is 4.16. The highest BCUT2D eigenvalue weighted by Gasteiger charge is 2.09. The highest BCUT2D eigenvalue weighted by molar-refractivity contribution is 6.30. The Kier molecular flexibility index (Phi) is 3.24. The fourth-order valence-electron chi connectivity index (χ4n) is 1.55. The number of hydrogen-bond donors (Lipinski definition) is 1. The number of anilines is 1. The van der Waals surface area contributed by atoms with Crippen molar-refractivity contribution in [2.24, 2.45) is 0 Å². The summed E-state index contributed by atoms with van der Waals surface area (Å²) in [6, 6.07) is 3.54. The van der Waals surface area contributed by atoms with Gasteiger partial charge in [0.1, 0.15) is 11.5 Å². The molecule has 0 saturated heterocycles. The van der Waals surface area contributed by atoms with E-state index in [9.17, 15) is 0 Å². The van der Waals surface area contributed by atoms with E-state index in [1.165, 1.54) is 0 Å². The van der Waals surface area contributed by atoms with E-state index in [1.54, 1.807) is 18.3 Å².